The van der Waals surface area contributed by atoms with Gasteiger partial charge in [0.25, 0.3) is 0 Å². The molecule has 2 unspecified atom stereocenters. The molecule has 1 saturated carbocycles. The van der Waals surface area contributed by atoms with Gasteiger partial charge in [0.15, 0.2) is 0 Å². The monoisotopic (exact) mass is 265 g/mol. The summed E-state index contributed by atoms with van der Waals surface area (Å²) in [4.78, 5) is 19.2. The molecule has 2 rings (SSSR count). The first-order chi connectivity index (χ1) is 9.24. The lowest BCUT2D eigenvalue weighted by atomic mass is 9.97. The fourth-order valence-corrected chi connectivity index (χ4v) is 2.45. The fourth-order valence-electron chi connectivity index (χ4n) is 2.45. The molecule has 104 valence electrons. The van der Waals surface area contributed by atoms with Crippen LogP contribution in [0.3, 0.4) is 0 Å². The van der Waals surface area contributed by atoms with E-state index in [1.807, 2.05) is 0 Å². The van der Waals surface area contributed by atoms with Crippen molar-refractivity contribution in [2.75, 3.05) is 20.3 Å². The molecule has 0 spiro atoms. The van der Waals surface area contributed by atoms with E-state index in [9.17, 15) is 4.79 Å². The Bertz CT molecular complexity index is 439. The van der Waals surface area contributed by atoms with E-state index in [-0.39, 0.29) is 5.82 Å². The van der Waals surface area contributed by atoms with Gasteiger partial charge in [-0.25, -0.2) is 9.78 Å². The van der Waals surface area contributed by atoms with E-state index in [1.165, 1.54) is 26.1 Å². The van der Waals surface area contributed by atoms with Crippen LogP contribution < -0.4 is 10.5 Å². The van der Waals surface area contributed by atoms with E-state index < -0.39 is 5.97 Å². The Morgan fingerprint density at radius 3 is 3.00 bits per heavy atom. The predicted molar refractivity (Wildman–Crippen MR) is 68.8 cm³/mol. The summed E-state index contributed by atoms with van der Waals surface area (Å²) in [6, 6.07) is 1.64. The van der Waals surface area contributed by atoms with E-state index in [2.05, 4.69) is 14.7 Å². The van der Waals surface area contributed by atoms with Gasteiger partial charge in [-0.15, -0.1) is 0 Å². The van der Waals surface area contributed by atoms with Crippen molar-refractivity contribution in [3.05, 3.63) is 18.1 Å². The van der Waals surface area contributed by atoms with Crippen LogP contribution in [0.4, 0.5) is 0 Å². The number of nitrogens with zero attached hydrogens (tertiary/aromatic N) is 2. The van der Waals surface area contributed by atoms with Crippen LogP contribution in [0.25, 0.3) is 0 Å². The quantitative estimate of drug-likeness (QED) is 0.800. The van der Waals surface area contributed by atoms with Gasteiger partial charge < -0.3 is 15.2 Å². The smallest absolute Gasteiger partial charge is 0.376 e. The third-order valence-electron chi connectivity index (χ3n) is 3.56. The molecule has 2 atom stereocenters. The average Bonchev–Trinajstić information content (AvgIpc) is 2.92. The van der Waals surface area contributed by atoms with Crippen LogP contribution in [-0.2, 0) is 4.74 Å². The van der Waals surface area contributed by atoms with Gasteiger partial charge in [0, 0.05) is 12.3 Å². The second-order valence-corrected chi connectivity index (χ2v) is 4.71. The standard InChI is InChI=1S/C13H19N3O3/c1-18-13(17)12-15-6-5-11(16-12)19-8-10-4-2-3-9(10)7-14/h5-6,9-10H,2-4,7-8,14H2,1H3. The van der Waals surface area contributed by atoms with Gasteiger partial charge in [0.1, 0.15) is 0 Å². The van der Waals surface area contributed by atoms with Crippen molar-refractivity contribution in [2.45, 2.75) is 19.3 Å². The molecule has 0 radical (unpaired) electrons. The van der Waals surface area contributed by atoms with Crippen molar-refractivity contribution < 1.29 is 14.3 Å². The average molecular weight is 265 g/mol. The molecule has 1 aliphatic rings. The van der Waals surface area contributed by atoms with Gasteiger partial charge >= 0.3 is 5.97 Å². The Kier molecular flexibility index (Phi) is 4.68. The molecule has 1 heterocycles. The molecule has 6 nitrogen and oxygen atoms in total. The molecule has 0 amide bonds. The fraction of sp³-hybridized carbons (Fsp3) is 0.615. The first kappa shape index (κ1) is 13.7. The Morgan fingerprint density at radius 2 is 2.26 bits per heavy atom. The van der Waals surface area contributed by atoms with Crippen molar-refractivity contribution in [3.8, 4) is 5.88 Å². The van der Waals surface area contributed by atoms with Gasteiger partial charge in [-0.3, -0.25) is 0 Å². The topological polar surface area (TPSA) is 87.3 Å². The van der Waals surface area contributed by atoms with Crippen LogP contribution in [0.15, 0.2) is 12.3 Å². The Hall–Kier alpha value is -1.69. The Morgan fingerprint density at radius 1 is 1.47 bits per heavy atom. The van der Waals surface area contributed by atoms with Crippen LogP contribution in [0.2, 0.25) is 0 Å². The summed E-state index contributed by atoms with van der Waals surface area (Å²) in [5.74, 6) is 0.856. The highest BCUT2D eigenvalue weighted by Crippen LogP contribution is 2.31. The lowest BCUT2D eigenvalue weighted by Crippen LogP contribution is -2.23. The second kappa shape index (κ2) is 6.47. The van der Waals surface area contributed by atoms with Crippen molar-refractivity contribution in [1.82, 2.24) is 9.97 Å². The third kappa shape index (κ3) is 3.41. The van der Waals surface area contributed by atoms with E-state index in [0.717, 1.165) is 6.42 Å². The van der Waals surface area contributed by atoms with Crippen molar-refractivity contribution in [3.63, 3.8) is 0 Å². The zero-order chi connectivity index (χ0) is 13.7. The maximum atomic E-state index is 11.3. The summed E-state index contributed by atoms with van der Waals surface area (Å²) in [5, 5.41) is 0. The molecule has 6 heteroatoms. The largest absolute Gasteiger partial charge is 0.477 e. The number of methoxy groups -OCH3 is 1. The summed E-state index contributed by atoms with van der Waals surface area (Å²) in [7, 11) is 1.30. The van der Waals surface area contributed by atoms with E-state index >= 15 is 0 Å². The van der Waals surface area contributed by atoms with Gasteiger partial charge in [-0.05, 0) is 31.2 Å². The minimum atomic E-state index is -0.564. The summed E-state index contributed by atoms with van der Waals surface area (Å²) in [6.45, 7) is 1.28. The van der Waals surface area contributed by atoms with Gasteiger partial charge in [-0.1, -0.05) is 6.42 Å². The molecule has 0 bridgehead atoms. The number of carbonyl (C=O) groups is 1. The molecule has 1 aliphatic carbocycles. The zero-order valence-electron chi connectivity index (χ0n) is 11.0. The first-order valence-electron chi connectivity index (χ1n) is 6.48. The van der Waals surface area contributed by atoms with Crippen LogP contribution in [0, 0.1) is 11.8 Å². The van der Waals surface area contributed by atoms with Crippen molar-refractivity contribution in [1.29, 1.82) is 0 Å². The summed E-state index contributed by atoms with van der Waals surface area (Å²) in [5.41, 5.74) is 5.73. The third-order valence-corrected chi connectivity index (χ3v) is 3.56. The molecular weight excluding hydrogens is 246 g/mol. The molecule has 0 aliphatic heterocycles. The molecule has 2 N–H and O–H groups in total. The molecular formula is C13H19N3O3. The number of hydrogen-bond acceptors (Lipinski definition) is 6. The normalized spacial score (nSPS) is 22.2. The molecule has 0 aromatic carbocycles. The maximum Gasteiger partial charge on any atom is 0.376 e. The number of nitrogens with two attached hydrogens (primary N) is 1. The SMILES string of the molecule is COC(=O)c1nccc(OCC2CCCC2CN)n1. The number of esters is 1. The van der Waals surface area contributed by atoms with Crippen LogP contribution in [-0.4, -0.2) is 36.2 Å². The van der Waals surface area contributed by atoms with E-state index in [4.69, 9.17) is 10.5 Å². The highest BCUT2D eigenvalue weighted by molar-refractivity contribution is 5.84. The molecule has 19 heavy (non-hydrogen) atoms. The highest BCUT2D eigenvalue weighted by atomic mass is 16.5. The number of rotatable bonds is 5. The van der Waals surface area contributed by atoms with Gasteiger partial charge in [0.2, 0.25) is 11.7 Å². The van der Waals surface area contributed by atoms with Crippen molar-refractivity contribution >= 4 is 5.97 Å². The van der Waals surface area contributed by atoms with Crippen LogP contribution >= 0.6 is 0 Å². The summed E-state index contributed by atoms with van der Waals surface area (Å²) in [6.07, 6.45) is 5.00. The molecule has 1 fully saturated rings. The lowest BCUT2D eigenvalue weighted by Gasteiger charge is -2.17. The van der Waals surface area contributed by atoms with Crippen molar-refractivity contribution in [2.24, 2.45) is 17.6 Å². The summed E-state index contributed by atoms with van der Waals surface area (Å²) < 4.78 is 10.2. The number of hydrogen-bond donors (Lipinski definition) is 1. The molecule has 1 aromatic heterocycles. The van der Waals surface area contributed by atoms with Crippen LogP contribution in [0.5, 0.6) is 5.88 Å². The Balaban J connectivity index is 1.94. The molecule has 0 saturated heterocycles. The predicted octanol–water partition coefficient (Wildman–Crippen LogP) is 1.02. The van der Waals surface area contributed by atoms with Crippen LogP contribution in [0.1, 0.15) is 29.9 Å². The number of aromatic nitrogens is 2. The molecule has 1 aromatic rings. The highest BCUT2D eigenvalue weighted by Gasteiger charge is 2.26. The van der Waals surface area contributed by atoms with E-state index in [0.29, 0.717) is 30.9 Å². The van der Waals surface area contributed by atoms with E-state index in [1.54, 1.807) is 6.07 Å². The summed E-state index contributed by atoms with van der Waals surface area (Å²) >= 11 is 0. The zero-order valence-corrected chi connectivity index (χ0v) is 11.0. The van der Waals surface area contributed by atoms with Gasteiger partial charge in [-0.2, -0.15) is 4.98 Å². The minimum Gasteiger partial charge on any atom is -0.477 e. The minimum absolute atomic E-state index is 0.0156. The number of carbonyl (C=O) groups excluding carboxylic acids is 1. The number of ether oxygens (including phenoxy) is 2. The van der Waals surface area contributed by atoms with Gasteiger partial charge in [0.05, 0.1) is 13.7 Å². The Labute approximate surface area is 112 Å². The first-order valence-corrected chi connectivity index (χ1v) is 6.48. The lowest BCUT2D eigenvalue weighted by molar-refractivity contribution is 0.0584. The maximum absolute atomic E-state index is 11.3. The second-order valence-electron chi connectivity index (χ2n) is 4.71.